The van der Waals surface area contributed by atoms with Gasteiger partial charge in [-0.15, -0.1) is 0 Å². The zero-order chi connectivity index (χ0) is 10.4. The Morgan fingerprint density at radius 1 is 1.07 bits per heavy atom. The van der Waals surface area contributed by atoms with Gasteiger partial charge in [-0.25, -0.2) is 0 Å². The zero-order valence-corrected chi connectivity index (χ0v) is 8.95. The van der Waals surface area contributed by atoms with Gasteiger partial charge >= 0.3 is 0 Å². The van der Waals surface area contributed by atoms with Crippen LogP contribution in [0.1, 0.15) is 38.5 Å². The highest BCUT2D eigenvalue weighted by molar-refractivity contribution is 6.01. The molecule has 1 saturated heterocycles. The molecule has 0 aromatic rings. The van der Waals surface area contributed by atoms with Crippen molar-refractivity contribution in [1.82, 2.24) is 4.90 Å². The van der Waals surface area contributed by atoms with Crippen LogP contribution in [0.25, 0.3) is 0 Å². The topological polar surface area (TPSA) is 37.4 Å². The van der Waals surface area contributed by atoms with Crippen LogP contribution >= 0.6 is 0 Å². The van der Waals surface area contributed by atoms with Crippen molar-refractivity contribution in [2.24, 2.45) is 17.8 Å². The van der Waals surface area contributed by atoms with E-state index in [9.17, 15) is 9.59 Å². The monoisotopic (exact) mass is 207 g/mol. The maximum atomic E-state index is 11.5. The molecule has 0 N–H and O–H groups in total. The highest BCUT2D eigenvalue weighted by Crippen LogP contribution is 2.48. The van der Waals surface area contributed by atoms with Gasteiger partial charge in [-0.2, -0.15) is 0 Å². The fourth-order valence-corrected chi connectivity index (χ4v) is 3.66. The van der Waals surface area contributed by atoms with Crippen molar-refractivity contribution in [3.8, 4) is 0 Å². The van der Waals surface area contributed by atoms with E-state index in [-0.39, 0.29) is 11.8 Å². The van der Waals surface area contributed by atoms with E-state index in [1.807, 2.05) is 0 Å². The molecule has 0 aromatic heterocycles. The summed E-state index contributed by atoms with van der Waals surface area (Å²) in [5.74, 6) is 2.43. The SMILES string of the molecule is O=C1CCC(=O)N1C[C@H]1C[C@H]2CC[C@H]1C2. The molecule has 1 aliphatic heterocycles. The van der Waals surface area contributed by atoms with Crippen LogP contribution < -0.4 is 0 Å². The van der Waals surface area contributed by atoms with Crippen molar-refractivity contribution in [3.05, 3.63) is 0 Å². The number of imide groups is 1. The molecular formula is C12H17NO2. The minimum atomic E-state index is 0.0581. The number of likely N-dealkylation sites (tertiary alicyclic amines) is 1. The second kappa shape index (κ2) is 3.32. The molecule has 0 radical (unpaired) electrons. The first-order valence-electron chi connectivity index (χ1n) is 6.07. The van der Waals surface area contributed by atoms with Crippen molar-refractivity contribution in [2.45, 2.75) is 38.5 Å². The molecule has 82 valence electrons. The molecule has 0 unspecified atom stereocenters. The van der Waals surface area contributed by atoms with Crippen molar-refractivity contribution in [1.29, 1.82) is 0 Å². The summed E-state index contributed by atoms with van der Waals surface area (Å²) in [6.45, 7) is 0.721. The van der Waals surface area contributed by atoms with Crippen LogP contribution in [0.5, 0.6) is 0 Å². The predicted molar refractivity (Wildman–Crippen MR) is 54.9 cm³/mol. The molecule has 3 rings (SSSR count). The second-order valence-electron chi connectivity index (χ2n) is 5.33. The Labute approximate surface area is 89.8 Å². The number of hydrogen-bond acceptors (Lipinski definition) is 2. The molecule has 0 spiro atoms. The molecule has 2 bridgehead atoms. The summed E-state index contributed by atoms with van der Waals surface area (Å²) in [4.78, 5) is 24.5. The fraction of sp³-hybridized carbons (Fsp3) is 0.833. The second-order valence-corrected chi connectivity index (χ2v) is 5.33. The van der Waals surface area contributed by atoms with Gasteiger partial charge in [0.05, 0.1) is 0 Å². The molecule has 15 heavy (non-hydrogen) atoms. The first-order chi connectivity index (χ1) is 7.24. The third kappa shape index (κ3) is 1.48. The van der Waals surface area contributed by atoms with E-state index < -0.39 is 0 Å². The number of nitrogens with zero attached hydrogens (tertiary/aromatic N) is 1. The number of carbonyl (C=O) groups is 2. The number of amides is 2. The molecule has 0 aromatic carbocycles. The lowest BCUT2D eigenvalue weighted by molar-refractivity contribution is -0.139. The lowest BCUT2D eigenvalue weighted by Crippen LogP contribution is -2.35. The molecule has 2 saturated carbocycles. The molecule has 3 heteroatoms. The number of hydrogen-bond donors (Lipinski definition) is 0. The third-order valence-corrected chi connectivity index (χ3v) is 4.46. The van der Waals surface area contributed by atoms with E-state index in [0.29, 0.717) is 18.8 Å². The Morgan fingerprint density at radius 3 is 2.33 bits per heavy atom. The Morgan fingerprint density at radius 2 is 1.80 bits per heavy atom. The van der Waals surface area contributed by atoms with Gasteiger partial charge in [-0.05, 0) is 37.0 Å². The van der Waals surface area contributed by atoms with Crippen molar-refractivity contribution >= 4 is 11.8 Å². The highest BCUT2D eigenvalue weighted by Gasteiger charge is 2.42. The first-order valence-corrected chi connectivity index (χ1v) is 6.07. The summed E-state index contributed by atoms with van der Waals surface area (Å²) >= 11 is 0. The molecular weight excluding hydrogens is 190 g/mol. The molecule has 3 fully saturated rings. The number of carbonyl (C=O) groups excluding carboxylic acids is 2. The average Bonchev–Trinajstić information content (AvgIpc) is 2.89. The van der Waals surface area contributed by atoms with Crippen LogP contribution in [0.15, 0.2) is 0 Å². The molecule has 2 amide bonds. The largest absolute Gasteiger partial charge is 0.282 e. The highest BCUT2D eigenvalue weighted by atomic mass is 16.2. The summed E-state index contributed by atoms with van der Waals surface area (Å²) in [5, 5.41) is 0. The Bertz CT molecular complexity index is 297. The van der Waals surface area contributed by atoms with Crippen LogP contribution in [0.3, 0.4) is 0 Å². The summed E-state index contributed by atoms with van der Waals surface area (Å²) in [5.41, 5.74) is 0. The van der Waals surface area contributed by atoms with Crippen LogP contribution in [0.4, 0.5) is 0 Å². The molecule has 2 aliphatic carbocycles. The maximum absolute atomic E-state index is 11.5. The van der Waals surface area contributed by atoms with Gasteiger partial charge in [0, 0.05) is 19.4 Å². The van der Waals surface area contributed by atoms with Gasteiger partial charge in [-0.1, -0.05) is 6.42 Å². The molecule has 3 nitrogen and oxygen atoms in total. The Balaban J connectivity index is 1.65. The first kappa shape index (κ1) is 9.37. The van der Waals surface area contributed by atoms with Crippen molar-refractivity contribution < 1.29 is 9.59 Å². The lowest BCUT2D eigenvalue weighted by atomic mass is 9.88. The minimum absolute atomic E-state index is 0.0581. The van der Waals surface area contributed by atoms with Gasteiger partial charge in [0.15, 0.2) is 0 Å². The summed E-state index contributed by atoms with van der Waals surface area (Å²) in [6.07, 6.45) is 6.19. The molecule has 1 heterocycles. The predicted octanol–water partition coefficient (Wildman–Crippen LogP) is 1.57. The molecule has 3 aliphatic rings. The zero-order valence-electron chi connectivity index (χ0n) is 8.95. The van der Waals surface area contributed by atoms with Crippen LogP contribution in [0.2, 0.25) is 0 Å². The van der Waals surface area contributed by atoms with E-state index in [4.69, 9.17) is 0 Å². The molecule has 3 atom stereocenters. The summed E-state index contributed by atoms with van der Waals surface area (Å²) < 4.78 is 0. The number of fused-ring (bicyclic) bond motifs is 2. The minimum Gasteiger partial charge on any atom is -0.282 e. The summed E-state index contributed by atoms with van der Waals surface area (Å²) in [6, 6.07) is 0. The van der Waals surface area contributed by atoms with Gasteiger partial charge in [0.1, 0.15) is 0 Å². The summed E-state index contributed by atoms with van der Waals surface area (Å²) in [7, 11) is 0. The fourth-order valence-electron chi connectivity index (χ4n) is 3.66. The van der Waals surface area contributed by atoms with E-state index >= 15 is 0 Å². The quantitative estimate of drug-likeness (QED) is 0.644. The lowest BCUT2D eigenvalue weighted by Gasteiger charge is -2.25. The van der Waals surface area contributed by atoms with Crippen molar-refractivity contribution in [2.75, 3.05) is 6.54 Å². The smallest absolute Gasteiger partial charge is 0.229 e. The van der Waals surface area contributed by atoms with E-state index in [1.165, 1.54) is 30.6 Å². The van der Waals surface area contributed by atoms with E-state index in [2.05, 4.69) is 0 Å². The van der Waals surface area contributed by atoms with Crippen LogP contribution in [0, 0.1) is 17.8 Å². The van der Waals surface area contributed by atoms with Gasteiger partial charge in [0.25, 0.3) is 0 Å². The van der Waals surface area contributed by atoms with E-state index in [0.717, 1.165) is 18.4 Å². The normalized spacial score (nSPS) is 39.5. The van der Waals surface area contributed by atoms with Crippen molar-refractivity contribution in [3.63, 3.8) is 0 Å². The van der Waals surface area contributed by atoms with Gasteiger partial charge in [-0.3, -0.25) is 14.5 Å². The Hall–Kier alpha value is -0.860. The average molecular weight is 207 g/mol. The van der Waals surface area contributed by atoms with Gasteiger partial charge in [0.2, 0.25) is 11.8 Å². The van der Waals surface area contributed by atoms with Gasteiger partial charge < -0.3 is 0 Å². The van der Waals surface area contributed by atoms with Crippen LogP contribution in [-0.4, -0.2) is 23.3 Å². The van der Waals surface area contributed by atoms with E-state index in [1.54, 1.807) is 0 Å². The Kier molecular flexibility index (Phi) is 2.08. The standard InChI is InChI=1S/C12H17NO2/c14-11-3-4-12(15)13(11)7-10-6-8-1-2-9(10)5-8/h8-10H,1-7H2/t8-,9-,10+/m0/s1. The van der Waals surface area contributed by atoms with Crippen LogP contribution in [-0.2, 0) is 9.59 Å². The third-order valence-electron chi connectivity index (χ3n) is 4.46. The maximum Gasteiger partial charge on any atom is 0.229 e. The number of rotatable bonds is 2.